The van der Waals surface area contributed by atoms with Gasteiger partial charge in [-0.1, -0.05) is 0 Å². The molecule has 1 amide bonds. The van der Waals surface area contributed by atoms with Crippen LogP contribution in [0.1, 0.15) is 40.6 Å². The minimum Gasteiger partial charge on any atom is -0.370 e. The number of hydrogen-bond acceptors (Lipinski definition) is 5. The van der Waals surface area contributed by atoms with Gasteiger partial charge in [-0.25, -0.2) is 4.98 Å². The van der Waals surface area contributed by atoms with E-state index in [2.05, 4.69) is 14.9 Å². The highest BCUT2D eigenvalue weighted by molar-refractivity contribution is 5.95. The van der Waals surface area contributed by atoms with E-state index in [1.54, 1.807) is 12.4 Å². The summed E-state index contributed by atoms with van der Waals surface area (Å²) >= 11 is 0. The number of aromatic nitrogens is 2. The fourth-order valence-electron chi connectivity index (χ4n) is 3.66. The smallest absolute Gasteiger partial charge is 0.254 e. The van der Waals surface area contributed by atoms with Crippen molar-refractivity contribution in [1.29, 1.82) is 0 Å². The molecule has 1 unspecified atom stereocenters. The molecule has 0 spiro atoms. The van der Waals surface area contributed by atoms with E-state index in [1.807, 2.05) is 36.1 Å². The van der Waals surface area contributed by atoms with Crippen LogP contribution < -0.4 is 4.90 Å². The molecule has 0 bridgehead atoms. The molecule has 2 aromatic heterocycles. The van der Waals surface area contributed by atoms with Gasteiger partial charge in [0.05, 0.1) is 13.2 Å². The second-order valence-electron chi connectivity index (χ2n) is 6.94. The molecule has 1 atom stereocenters. The van der Waals surface area contributed by atoms with Crippen molar-refractivity contribution in [2.45, 2.75) is 25.9 Å². The summed E-state index contributed by atoms with van der Waals surface area (Å²) in [4.78, 5) is 25.8. The Morgan fingerprint density at radius 3 is 2.73 bits per heavy atom. The molecule has 4 heterocycles. The van der Waals surface area contributed by atoms with Crippen molar-refractivity contribution in [3.63, 3.8) is 0 Å². The molecule has 0 aromatic carbocycles. The lowest BCUT2D eigenvalue weighted by molar-refractivity contribution is -0.0228. The van der Waals surface area contributed by atoms with E-state index >= 15 is 0 Å². The van der Waals surface area contributed by atoms with Crippen molar-refractivity contribution in [2.24, 2.45) is 0 Å². The highest BCUT2D eigenvalue weighted by atomic mass is 16.5. The zero-order valence-electron chi connectivity index (χ0n) is 15.1. The van der Waals surface area contributed by atoms with Gasteiger partial charge in [0, 0.05) is 43.3 Å². The van der Waals surface area contributed by atoms with Gasteiger partial charge in [-0.3, -0.25) is 9.78 Å². The van der Waals surface area contributed by atoms with E-state index in [1.165, 1.54) is 12.8 Å². The summed E-state index contributed by atoms with van der Waals surface area (Å²) in [6, 6.07) is 7.72. The molecule has 4 rings (SSSR count). The van der Waals surface area contributed by atoms with Gasteiger partial charge in [0.2, 0.25) is 0 Å². The summed E-state index contributed by atoms with van der Waals surface area (Å²) in [6.45, 7) is 5.72. The topological polar surface area (TPSA) is 58.6 Å². The summed E-state index contributed by atoms with van der Waals surface area (Å²) in [5.41, 5.74) is 2.73. The summed E-state index contributed by atoms with van der Waals surface area (Å²) in [5.74, 6) is 0.954. The van der Waals surface area contributed by atoms with E-state index in [9.17, 15) is 4.79 Å². The van der Waals surface area contributed by atoms with Crippen LogP contribution in [0.2, 0.25) is 0 Å². The van der Waals surface area contributed by atoms with Crippen LogP contribution in [0, 0.1) is 6.92 Å². The molecule has 6 nitrogen and oxygen atoms in total. The Bertz CT molecular complexity index is 789. The van der Waals surface area contributed by atoms with Crippen LogP contribution in [0.4, 0.5) is 5.82 Å². The first-order chi connectivity index (χ1) is 12.7. The van der Waals surface area contributed by atoms with E-state index in [0.29, 0.717) is 25.3 Å². The minimum absolute atomic E-state index is 0.0481. The van der Waals surface area contributed by atoms with Crippen LogP contribution in [0.5, 0.6) is 0 Å². The van der Waals surface area contributed by atoms with Crippen molar-refractivity contribution in [3.05, 3.63) is 53.5 Å². The number of carbonyl (C=O) groups excluding carboxylic acids is 1. The van der Waals surface area contributed by atoms with Crippen molar-refractivity contribution < 1.29 is 9.53 Å². The summed E-state index contributed by atoms with van der Waals surface area (Å²) in [7, 11) is 0. The quantitative estimate of drug-likeness (QED) is 0.850. The number of carbonyl (C=O) groups is 1. The van der Waals surface area contributed by atoms with Crippen LogP contribution in [0.3, 0.4) is 0 Å². The highest BCUT2D eigenvalue weighted by Crippen LogP contribution is 2.24. The third kappa shape index (κ3) is 3.55. The molecule has 0 N–H and O–H groups in total. The van der Waals surface area contributed by atoms with Crippen molar-refractivity contribution in [2.75, 3.05) is 37.7 Å². The first kappa shape index (κ1) is 17.0. The second-order valence-corrected chi connectivity index (χ2v) is 6.94. The normalized spacial score (nSPS) is 20.4. The van der Waals surface area contributed by atoms with Gasteiger partial charge in [-0.2, -0.15) is 0 Å². The van der Waals surface area contributed by atoms with Gasteiger partial charge in [0.25, 0.3) is 5.91 Å². The largest absolute Gasteiger partial charge is 0.370 e. The van der Waals surface area contributed by atoms with Crippen LogP contribution in [-0.2, 0) is 4.74 Å². The summed E-state index contributed by atoms with van der Waals surface area (Å²) < 4.78 is 5.90. The zero-order valence-corrected chi connectivity index (χ0v) is 15.1. The molecule has 2 aliphatic heterocycles. The van der Waals surface area contributed by atoms with E-state index < -0.39 is 0 Å². The Hall–Kier alpha value is -2.47. The molecule has 2 saturated heterocycles. The number of pyridine rings is 2. The van der Waals surface area contributed by atoms with E-state index in [0.717, 1.165) is 30.2 Å². The fourth-order valence-corrected chi connectivity index (χ4v) is 3.66. The van der Waals surface area contributed by atoms with E-state index in [4.69, 9.17) is 4.74 Å². The standard InChI is InChI=1S/C20H24N4O2/c1-15-12-16(4-6-21-15)18-14-24(10-11-26-18)20(25)17-5-7-22-19(13-17)23-8-2-3-9-23/h4-7,12-13,18H,2-3,8-11,14H2,1H3. The molecular weight excluding hydrogens is 328 g/mol. The zero-order chi connectivity index (χ0) is 17.9. The van der Waals surface area contributed by atoms with Crippen LogP contribution in [-0.4, -0.2) is 53.6 Å². The maximum Gasteiger partial charge on any atom is 0.254 e. The third-order valence-corrected chi connectivity index (χ3v) is 5.07. The Labute approximate surface area is 153 Å². The number of hydrogen-bond donors (Lipinski definition) is 0. The molecule has 26 heavy (non-hydrogen) atoms. The van der Waals surface area contributed by atoms with Crippen molar-refractivity contribution >= 4 is 11.7 Å². The minimum atomic E-state index is -0.103. The van der Waals surface area contributed by atoms with Gasteiger partial charge in [-0.05, 0) is 49.6 Å². The van der Waals surface area contributed by atoms with Gasteiger partial charge in [0.1, 0.15) is 11.9 Å². The van der Waals surface area contributed by atoms with Crippen molar-refractivity contribution in [3.8, 4) is 0 Å². The van der Waals surface area contributed by atoms with Crippen LogP contribution in [0.25, 0.3) is 0 Å². The SMILES string of the molecule is Cc1cc(C2CN(C(=O)c3ccnc(N4CCCC4)c3)CCO2)ccn1. The number of morpholine rings is 1. The lowest BCUT2D eigenvalue weighted by Crippen LogP contribution is -2.42. The fraction of sp³-hybridized carbons (Fsp3) is 0.450. The number of anilines is 1. The molecule has 0 aliphatic carbocycles. The number of amides is 1. The first-order valence-corrected chi connectivity index (χ1v) is 9.25. The molecule has 136 valence electrons. The average Bonchev–Trinajstić information content (AvgIpc) is 3.22. The predicted octanol–water partition coefficient (Wildman–Crippen LogP) is 2.60. The number of ether oxygens (including phenoxy) is 1. The maximum atomic E-state index is 13.0. The Balaban J connectivity index is 1.50. The number of aryl methyl sites for hydroxylation is 1. The first-order valence-electron chi connectivity index (χ1n) is 9.25. The average molecular weight is 352 g/mol. The van der Waals surface area contributed by atoms with Crippen LogP contribution in [0.15, 0.2) is 36.7 Å². The molecule has 0 radical (unpaired) electrons. The second kappa shape index (κ2) is 7.41. The van der Waals surface area contributed by atoms with Crippen LogP contribution >= 0.6 is 0 Å². The lowest BCUT2D eigenvalue weighted by atomic mass is 10.1. The molecule has 6 heteroatoms. The lowest BCUT2D eigenvalue weighted by Gasteiger charge is -2.33. The molecule has 2 fully saturated rings. The van der Waals surface area contributed by atoms with Gasteiger partial charge in [-0.15, -0.1) is 0 Å². The third-order valence-electron chi connectivity index (χ3n) is 5.07. The monoisotopic (exact) mass is 352 g/mol. The molecule has 0 saturated carbocycles. The molecule has 2 aliphatic rings. The van der Waals surface area contributed by atoms with E-state index in [-0.39, 0.29) is 12.0 Å². The maximum absolute atomic E-state index is 13.0. The Morgan fingerprint density at radius 2 is 1.92 bits per heavy atom. The Kier molecular flexibility index (Phi) is 4.84. The molecular formula is C20H24N4O2. The molecule has 2 aromatic rings. The predicted molar refractivity (Wildman–Crippen MR) is 99.3 cm³/mol. The number of rotatable bonds is 3. The summed E-state index contributed by atoms with van der Waals surface area (Å²) in [6.07, 6.45) is 5.81. The highest BCUT2D eigenvalue weighted by Gasteiger charge is 2.27. The summed E-state index contributed by atoms with van der Waals surface area (Å²) in [5, 5.41) is 0. The van der Waals surface area contributed by atoms with Gasteiger partial charge >= 0.3 is 0 Å². The number of nitrogens with zero attached hydrogens (tertiary/aromatic N) is 4. The van der Waals surface area contributed by atoms with Crippen molar-refractivity contribution in [1.82, 2.24) is 14.9 Å². The van der Waals surface area contributed by atoms with Gasteiger partial charge in [0.15, 0.2) is 0 Å². The van der Waals surface area contributed by atoms with Gasteiger partial charge < -0.3 is 14.5 Å². The Morgan fingerprint density at radius 1 is 1.12 bits per heavy atom.